The molecule has 0 aliphatic carbocycles. The quantitative estimate of drug-likeness (QED) is 0.229. The van der Waals surface area contributed by atoms with Crippen LogP contribution in [0.5, 0.6) is 0 Å². The molecule has 3 atom stereocenters. The Labute approximate surface area is 228 Å². The Bertz CT molecular complexity index is 792. The summed E-state index contributed by atoms with van der Waals surface area (Å²) in [6, 6.07) is 10.2. The van der Waals surface area contributed by atoms with Gasteiger partial charge in [-0.05, 0) is 83.4 Å². The molecule has 204 valence electrons. The van der Waals surface area contributed by atoms with Crippen LogP contribution in [0.25, 0.3) is 0 Å². The molecule has 0 spiro atoms. The Hall–Kier alpha value is -1.47. The number of halogens is 2. The van der Waals surface area contributed by atoms with Crippen molar-refractivity contribution >= 4 is 40.9 Å². The number of unbranched alkanes of at least 4 members (excludes halogenated alkanes) is 3. The first-order valence-corrected chi connectivity index (χ1v) is 13.6. The Balaban J connectivity index is 0.00000648. The molecule has 3 unspecified atom stereocenters. The number of amides is 1. The maximum absolute atomic E-state index is 13.0. The molecular weight excluding hydrogens is 497 g/mol. The van der Waals surface area contributed by atoms with Gasteiger partial charge in [-0.2, -0.15) is 0 Å². The van der Waals surface area contributed by atoms with Gasteiger partial charge < -0.3 is 15.1 Å². The molecule has 1 heterocycles. The van der Waals surface area contributed by atoms with Crippen LogP contribution in [0.4, 0.5) is 0 Å². The van der Waals surface area contributed by atoms with Crippen molar-refractivity contribution in [3.8, 4) is 0 Å². The van der Waals surface area contributed by atoms with E-state index < -0.39 is 0 Å². The molecule has 0 bridgehead atoms. The summed E-state index contributed by atoms with van der Waals surface area (Å²) >= 11 is 5.44. The van der Waals surface area contributed by atoms with Crippen LogP contribution in [0.15, 0.2) is 30.3 Å². The van der Waals surface area contributed by atoms with E-state index in [1.807, 2.05) is 20.2 Å². The van der Waals surface area contributed by atoms with Gasteiger partial charge in [0.2, 0.25) is 11.1 Å². The van der Waals surface area contributed by atoms with Gasteiger partial charge >= 0.3 is 0 Å². The third-order valence-corrected chi connectivity index (χ3v) is 7.25. The highest BCUT2D eigenvalue weighted by molar-refractivity contribution is 6.63. The van der Waals surface area contributed by atoms with E-state index in [0.29, 0.717) is 12.8 Å². The number of hydrogen-bond acceptors (Lipinski definition) is 5. The van der Waals surface area contributed by atoms with Crippen molar-refractivity contribution in [1.82, 2.24) is 15.1 Å². The summed E-state index contributed by atoms with van der Waals surface area (Å²) in [4.78, 5) is 41.3. The van der Waals surface area contributed by atoms with Crippen LogP contribution in [0.1, 0.15) is 76.2 Å². The summed E-state index contributed by atoms with van der Waals surface area (Å²) < 4.78 is 0. The van der Waals surface area contributed by atoms with Gasteiger partial charge in [-0.3, -0.25) is 14.4 Å². The summed E-state index contributed by atoms with van der Waals surface area (Å²) in [5, 5.41) is 2.75. The summed E-state index contributed by atoms with van der Waals surface area (Å²) in [5.41, 5.74) is 1.31. The van der Waals surface area contributed by atoms with Crippen molar-refractivity contribution in [2.75, 3.05) is 27.7 Å². The van der Waals surface area contributed by atoms with Crippen molar-refractivity contribution < 1.29 is 14.4 Å². The molecule has 1 aliphatic rings. The van der Waals surface area contributed by atoms with Crippen molar-refractivity contribution in [2.24, 2.45) is 5.92 Å². The lowest BCUT2D eigenvalue weighted by Gasteiger charge is -2.31. The average molecular weight is 543 g/mol. The highest BCUT2D eigenvalue weighted by Gasteiger charge is 2.34. The Morgan fingerprint density at radius 2 is 1.69 bits per heavy atom. The van der Waals surface area contributed by atoms with Crippen LogP contribution in [0, 0.1) is 5.92 Å². The Kier molecular flexibility index (Phi) is 16.2. The first kappa shape index (κ1) is 32.6. The largest absolute Gasteiger partial charge is 0.346 e. The summed E-state index contributed by atoms with van der Waals surface area (Å²) in [6.07, 6.45) is 8.67. The zero-order valence-electron chi connectivity index (χ0n) is 22.2. The number of hydrogen-bond donors (Lipinski definition) is 1. The van der Waals surface area contributed by atoms with Gasteiger partial charge in [0.25, 0.3) is 0 Å². The van der Waals surface area contributed by atoms with Gasteiger partial charge in [-0.15, -0.1) is 12.4 Å². The minimum atomic E-state index is -0.357. The lowest BCUT2D eigenvalue weighted by atomic mass is 9.89. The molecular formula is C28H45Cl2N3O3. The van der Waals surface area contributed by atoms with E-state index in [1.54, 1.807) is 0 Å². The second kappa shape index (κ2) is 17.9. The highest BCUT2D eigenvalue weighted by Crippen LogP contribution is 2.26. The summed E-state index contributed by atoms with van der Waals surface area (Å²) in [7, 11) is 6.12. The van der Waals surface area contributed by atoms with Crippen LogP contribution in [0.2, 0.25) is 0 Å². The molecule has 36 heavy (non-hydrogen) atoms. The maximum Gasteiger partial charge on any atom is 0.225 e. The van der Waals surface area contributed by atoms with Crippen LogP contribution in [0.3, 0.4) is 0 Å². The molecule has 0 aromatic heterocycles. The van der Waals surface area contributed by atoms with Crippen LogP contribution in [-0.2, 0) is 20.9 Å². The number of ketones is 1. The van der Waals surface area contributed by atoms with Crippen LogP contribution in [-0.4, -0.2) is 66.5 Å². The highest BCUT2D eigenvalue weighted by atomic mass is 35.5. The minimum absolute atomic E-state index is 0. The molecule has 1 N–H and O–H groups in total. The SMILES string of the molecule is CN(CCCCCC(=O)C1CCCC(C(CCCCC(=O)Cl)N(C)C)C(=O)N1)Cc1ccccc1.Cl. The monoisotopic (exact) mass is 541 g/mol. The fourth-order valence-corrected chi connectivity index (χ4v) is 5.21. The Morgan fingerprint density at radius 3 is 2.36 bits per heavy atom. The zero-order valence-corrected chi connectivity index (χ0v) is 23.8. The van der Waals surface area contributed by atoms with E-state index in [0.717, 1.165) is 70.9 Å². The van der Waals surface area contributed by atoms with Crippen molar-refractivity contribution in [2.45, 2.75) is 89.3 Å². The van der Waals surface area contributed by atoms with Gasteiger partial charge in [0.15, 0.2) is 5.78 Å². The molecule has 6 nitrogen and oxygen atoms in total. The molecule has 1 aromatic carbocycles. The number of carbonyl (C=O) groups is 3. The summed E-state index contributed by atoms with van der Waals surface area (Å²) in [5.74, 6) is 0.0313. The lowest BCUT2D eigenvalue weighted by Crippen LogP contribution is -2.47. The first-order valence-electron chi connectivity index (χ1n) is 13.2. The van der Waals surface area contributed by atoms with Crippen molar-refractivity contribution in [3.63, 3.8) is 0 Å². The number of nitrogens with one attached hydrogen (secondary N) is 1. The normalized spacial score (nSPS) is 18.9. The molecule has 8 heteroatoms. The predicted octanol–water partition coefficient (Wildman–Crippen LogP) is 5.21. The molecule has 1 fully saturated rings. The van der Waals surface area contributed by atoms with E-state index in [-0.39, 0.29) is 47.3 Å². The van der Waals surface area contributed by atoms with E-state index in [4.69, 9.17) is 11.6 Å². The molecule has 0 radical (unpaired) electrons. The Morgan fingerprint density at radius 1 is 1.00 bits per heavy atom. The molecule has 1 saturated heterocycles. The van der Waals surface area contributed by atoms with E-state index >= 15 is 0 Å². The van der Waals surface area contributed by atoms with Gasteiger partial charge in [-0.1, -0.05) is 49.6 Å². The molecule has 2 rings (SSSR count). The fraction of sp³-hybridized carbons (Fsp3) is 0.679. The van der Waals surface area contributed by atoms with Gasteiger partial charge in [-0.25, -0.2) is 0 Å². The van der Waals surface area contributed by atoms with E-state index in [1.165, 1.54) is 5.56 Å². The minimum Gasteiger partial charge on any atom is -0.346 e. The molecule has 1 amide bonds. The number of Topliss-reactive ketones (excluding diaryl/α,β-unsaturated/α-hetero) is 1. The van der Waals surface area contributed by atoms with Crippen molar-refractivity contribution in [1.29, 1.82) is 0 Å². The van der Waals surface area contributed by atoms with Crippen LogP contribution < -0.4 is 5.32 Å². The second-order valence-electron chi connectivity index (χ2n) is 10.2. The standard InChI is InChI=1S/C28H44ClN3O3.ClH/c1-31(2)25(17-9-10-19-27(29)34)23-15-12-16-24(30-28(23)35)26(33)18-8-5-11-20-32(3)21-22-13-6-4-7-14-22;/h4,6-7,13-14,23-25H,5,8-12,15-21H2,1-3H3,(H,30,35);1H. The smallest absolute Gasteiger partial charge is 0.225 e. The second-order valence-corrected chi connectivity index (χ2v) is 10.7. The van der Waals surface area contributed by atoms with Gasteiger partial charge in [0.05, 0.1) is 12.0 Å². The van der Waals surface area contributed by atoms with E-state index in [2.05, 4.69) is 46.4 Å². The fourth-order valence-electron chi connectivity index (χ4n) is 5.08. The van der Waals surface area contributed by atoms with Crippen LogP contribution >= 0.6 is 24.0 Å². The third kappa shape index (κ3) is 12.2. The number of carbonyl (C=O) groups excluding carboxylic acids is 3. The zero-order chi connectivity index (χ0) is 25.6. The number of nitrogens with zero attached hydrogens (tertiary/aromatic N) is 2. The first-order chi connectivity index (χ1) is 16.8. The van der Waals surface area contributed by atoms with Gasteiger partial charge in [0.1, 0.15) is 0 Å². The lowest BCUT2D eigenvalue weighted by molar-refractivity contribution is -0.131. The number of rotatable bonds is 16. The molecule has 0 saturated carbocycles. The van der Waals surface area contributed by atoms with Gasteiger partial charge in [0, 0.05) is 25.4 Å². The third-order valence-electron chi connectivity index (χ3n) is 7.06. The topological polar surface area (TPSA) is 69.7 Å². The average Bonchev–Trinajstić information content (AvgIpc) is 3.00. The maximum atomic E-state index is 13.0. The summed E-state index contributed by atoms with van der Waals surface area (Å²) in [6.45, 7) is 1.95. The predicted molar refractivity (Wildman–Crippen MR) is 150 cm³/mol. The van der Waals surface area contributed by atoms with Crippen molar-refractivity contribution in [3.05, 3.63) is 35.9 Å². The number of benzene rings is 1. The molecule has 1 aliphatic heterocycles. The molecule has 1 aromatic rings. The van der Waals surface area contributed by atoms with E-state index in [9.17, 15) is 14.4 Å².